The topological polar surface area (TPSA) is 65.0 Å². The van der Waals surface area contributed by atoms with Crippen molar-refractivity contribution in [1.82, 2.24) is 0 Å². The van der Waals surface area contributed by atoms with Gasteiger partial charge >= 0.3 is 11.9 Å². The third-order valence-electron chi connectivity index (χ3n) is 3.60. The molecule has 27 heavy (non-hydrogen) atoms. The second kappa shape index (κ2) is 9.02. The molecule has 0 bridgehead atoms. The van der Waals surface area contributed by atoms with Crippen LogP contribution in [0.15, 0.2) is 54.3 Å². The van der Waals surface area contributed by atoms with Gasteiger partial charge in [0.2, 0.25) is 5.76 Å². The highest BCUT2D eigenvalue weighted by Gasteiger charge is 2.33. The number of aliphatic carboxylic acids is 1. The smallest absolute Gasteiger partial charge is 0.371 e. The van der Waals surface area contributed by atoms with E-state index in [1.54, 1.807) is 25.1 Å². The molecule has 0 aliphatic rings. The Morgan fingerprint density at radius 1 is 1.15 bits per heavy atom. The van der Waals surface area contributed by atoms with Gasteiger partial charge in [0.1, 0.15) is 11.5 Å². The number of carboxylic acids is 1. The van der Waals surface area contributed by atoms with Gasteiger partial charge in [0, 0.05) is 5.56 Å². The normalized spacial score (nSPS) is 11.8. The van der Waals surface area contributed by atoms with Crippen molar-refractivity contribution >= 4 is 12.0 Å². The fourth-order valence-corrected chi connectivity index (χ4v) is 2.24. The summed E-state index contributed by atoms with van der Waals surface area (Å²) in [6, 6.07) is 11.7. The zero-order valence-electron chi connectivity index (χ0n) is 14.9. The summed E-state index contributed by atoms with van der Waals surface area (Å²) in [5, 5.41) is 9.03. The Balaban J connectivity index is 2.05. The van der Waals surface area contributed by atoms with Gasteiger partial charge in [0.25, 0.3) is 0 Å². The number of hydrogen-bond donors (Lipinski definition) is 1. The zero-order valence-corrected chi connectivity index (χ0v) is 14.9. The van der Waals surface area contributed by atoms with Crippen molar-refractivity contribution in [2.45, 2.75) is 12.8 Å². The molecule has 0 amide bonds. The van der Waals surface area contributed by atoms with Crippen LogP contribution in [0.4, 0.5) is 8.78 Å². The van der Waals surface area contributed by atoms with Crippen molar-refractivity contribution in [3.8, 4) is 11.5 Å². The number of methoxy groups -OCH3 is 1. The van der Waals surface area contributed by atoms with Crippen LogP contribution in [-0.2, 0) is 15.5 Å². The molecule has 2 aromatic carbocycles. The molecular formula is C20H20F2O5. The van der Waals surface area contributed by atoms with E-state index in [9.17, 15) is 13.6 Å². The summed E-state index contributed by atoms with van der Waals surface area (Å²) in [6.07, 6.45) is 1.35. The number of hydrogen-bond acceptors (Lipinski definition) is 4. The van der Waals surface area contributed by atoms with E-state index in [1.807, 2.05) is 0 Å². The van der Waals surface area contributed by atoms with Crippen molar-refractivity contribution in [1.29, 1.82) is 0 Å². The van der Waals surface area contributed by atoms with Gasteiger partial charge in [-0.05, 0) is 42.8 Å². The maximum Gasteiger partial charge on any atom is 0.371 e. The Hall–Kier alpha value is -3.09. The standard InChI is InChI=1S/C20H20F2O5/c1-3-26-18(19(23)24)11-14-7-9-16(10-8-14)27-13-20(21,22)15-5-4-6-17(12-15)25-2/h4-12H,3,13H2,1-2H3,(H,23,24)/b18-11-. The van der Waals surface area contributed by atoms with Crippen LogP contribution >= 0.6 is 0 Å². The summed E-state index contributed by atoms with van der Waals surface area (Å²) >= 11 is 0. The molecule has 7 heteroatoms. The van der Waals surface area contributed by atoms with E-state index in [0.29, 0.717) is 11.3 Å². The predicted molar refractivity (Wildman–Crippen MR) is 96.1 cm³/mol. The molecule has 0 aromatic heterocycles. The van der Waals surface area contributed by atoms with Crippen LogP contribution in [0.2, 0.25) is 0 Å². The van der Waals surface area contributed by atoms with E-state index in [0.717, 1.165) is 0 Å². The predicted octanol–water partition coefficient (Wildman–Crippen LogP) is 4.33. The first-order chi connectivity index (χ1) is 12.9. The third kappa shape index (κ3) is 5.70. The maximum absolute atomic E-state index is 14.3. The number of rotatable bonds is 9. The molecule has 0 saturated heterocycles. The molecule has 0 fully saturated rings. The lowest BCUT2D eigenvalue weighted by Gasteiger charge is -2.18. The van der Waals surface area contributed by atoms with Gasteiger partial charge in [-0.25, -0.2) is 4.79 Å². The van der Waals surface area contributed by atoms with Crippen LogP contribution in [0, 0.1) is 0 Å². The van der Waals surface area contributed by atoms with Crippen LogP contribution in [0.25, 0.3) is 6.08 Å². The Labute approximate surface area is 155 Å². The van der Waals surface area contributed by atoms with Crippen LogP contribution in [0.1, 0.15) is 18.1 Å². The number of benzene rings is 2. The summed E-state index contributed by atoms with van der Waals surface area (Å²) in [5.74, 6) is -4.00. The van der Waals surface area contributed by atoms with E-state index >= 15 is 0 Å². The van der Waals surface area contributed by atoms with Crippen molar-refractivity contribution in [2.75, 3.05) is 20.3 Å². The van der Waals surface area contributed by atoms with E-state index in [4.69, 9.17) is 19.3 Å². The molecule has 2 rings (SSSR count). The second-order valence-corrected chi connectivity index (χ2v) is 5.54. The lowest BCUT2D eigenvalue weighted by atomic mass is 10.1. The number of carbonyl (C=O) groups is 1. The van der Waals surface area contributed by atoms with Crippen molar-refractivity contribution < 1.29 is 32.9 Å². The quantitative estimate of drug-likeness (QED) is 0.520. The van der Waals surface area contributed by atoms with E-state index in [-0.39, 0.29) is 23.7 Å². The summed E-state index contributed by atoms with van der Waals surface area (Å²) in [6.45, 7) is 1.06. The first kappa shape index (κ1) is 20.2. The van der Waals surface area contributed by atoms with Crippen LogP contribution in [0.5, 0.6) is 11.5 Å². The molecule has 0 aliphatic heterocycles. The Kier molecular flexibility index (Phi) is 6.76. The average molecular weight is 378 g/mol. The van der Waals surface area contributed by atoms with Gasteiger partial charge in [-0.1, -0.05) is 24.3 Å². The summed E-state index contributed by atoms with van der Waals surface area (Å²) < 4.78 is 43.8. The molecule has 0 spiro atoms. The fourth-order valence-electron chi connectivity index (χ4n) is 2.24. The highest BCUT2D eigenvalue weighted by atomic mass is 19.3. The number of carboxylic acid groups (broad SMARTS) is 1. The Bertz CT molecular complexity index is 800. The number of ether oxygens (including phenoxy) is 3. The summed E-state index contributed by atoms with van der Waals surface area (Å²) in [5.41, 5.74) is 0.344. The van der Waals surface area contributed by atoms with E-state index < -0.39 is 18.5 Å². The highest BCUT2D eigenvalue weighted by Crippen LogP contribution is 2.31. The van der Waals surface area contributed by atoms with E-state index in [1.165, 1.54) is 43.5 Å². The molecule has 0 radical (unpaired) electrons. The largest absolute Gasteiger partial charge is 0.497 e. The Morgan fingerprint density at radius 3 is 2.44 bits per heavy atom. The molecule has 0 atom stereocenters. The lowest BCUT2D eigenvalue weighted by Crippen LogP contribution is -2.23. The van der Waals surface area contributed by atoms with Gasteiger partial charge in [0.05, 0.1) is 13.7 Å². The van der Waals surface area contributed by atoms with Gasteiger partial charge in [0.15, 0.2) is 6.61 Å². The molecular weight excluding hydrogens is 358 g/mol. The lowest BCUT2D eigenvalue weighted by molar-refractivity contribution is -0.136. The van der Waals surface area contributed by atoms with Gasteiger partial charge in [-0.3, -0.25) is 0 Å². The third-order valence-corrected chi connectivity index (χ3v) is 3.60. The average Bonchev–Trinajstić information content (AvgIpc) is 2.67. The maximum atomic E-state index is 14.3. The minimum absolute atomic E-state index is 0.198. The van der Waals surface area contributed by atoms with Crippen molar-refractivity contribution in [3.63, 3.8) is 0 Å². The van der Waals surface area contributed by atoms with Gasteiger partial charge in [-0.2, -0.15) is 8.78 Å². The SMILES string of the molecule is CCO/C(=C\c1ccc(OCC(F)(F)c2cccc(OC)c2)cc1)C(=O)O. The van der Waals surface area contributed by atoms with Crippen LogP contribution in [0.3, 0.4) is 0 Å². The van der Waals surface area contributed by atoms with Crippen molar-refractivity contribution in [3.05, 3.63) is 65.4 Å². The summed E-state index contributed by atoms with van der Waals surface area (Å²) in [7, 11) is 1.41. The van der Waals surface area contributed by atoms with Gasteiger partial charge < -0.3 is 19.3 Å². The molecule has 0 heterocycles. The Morgan fingerprint density at radius 2 is 1.85 bits per heavy atom. The molecule has 5 nitrogen and oxygen atoms in total. The second-order valence-electron chi connectivity index (χ2n) is 5.54. The minimum atomic E-state index is -3.20. The number of halogens is 2. The first-order valence-corrected chi connectivity index (χ1v) is 8.18. The molecule has 144 valence electrons. The van der Waals surface area contributed by atoms with Gasteiger partial charge in [-0.15, -0.1) is 0 Å². The minimum Gasteiger partial charge on any atom is -0.497 e. The molecule has 0 unspecified atom stereocenters. The van der Waals surface area contributed by atoms with Crippen molar-refractivity contribution in [2.24, 2.45) is 0 Å². The fraction of sp³-hybridized carbons (Fsp3) is 0.250. The molecule has 1 N–H and O–H groups in total. The highest BCUT2D eigenvalue weighted by molar-refractivity contribution is 5.89. The molecule has 0 saturated carbocycles. The summed E-state index contributed by atoms with van der Waals surface area (Å²) in [4.78, 5) is 11.0. The number of alkyl halides is 2. The molecule has 2 aromatic rings. The van der Waals surface area contributed by atoms with Crippen LogP contribution in [-0.4, -0.2) is 31.4 Å². The first-order valence-electron chi connectivity index (χ1n) is 8.18. The monoisotopic (exact) mass is 378 g/mol. The van der Waals surface area contributed by atoms with Crippen LogP contribution < -0.4 is 9.47 Å². The zero-order chi connectivity index (χ0) is 19.9. The van der Waals surface area contributed by atoms with E-state index in [2.05, 4.69) is 0 Å². The molecule has 0 aliphatic carbocycles.